The Labute approximate surface area is 88.8 Å². The van der Waals surface area contributed by atoms with Gasteiger partial charge in [0.15, 0.2) is 5.78 Å². The van der Waals surface area contributed by atoms with Crippen LogP contribution in [0.1, 0.15) is 31.1 Å². The van der Waals surface area contributed by atoms with E-state index in [2.05, 4.69) is 4.98 Å². The number of hydrogen-bond donors (Lipinski definition) is 0. The summed E-state index contributed by atoms with van der Waals surface area (Å²) in [5.41, 5.74) is 1.25. The van der Waals surface area contributed by atoms with Gasteiger partial charge in [-0.2, -0.15) is 0 Å². The second-order valence-electron chi connectivity index (χ2n) is 4.69. The van der Waals surface area contributed by atoms with Crippen molar-refractivity contribution in [3.63, 3.8) is 0 Å². The van der Waals surface area contributed by atoms with Gasteiger partial charge in [-0.25, -0.2) is 4.98 Å². The van der Waals surface area contributed by atoms with Crippen molar-refractivity contribution in [2.24, 2.45) is 5.41 Å². The van der Waals surface area contributed by atoms with Crippen molar-refractivity contribution in [1.82, 2.24) is 9.38 Å². The maximum absolute atomic E-state index is 12.0. The lowest BCUT2D eigenvalue weighted by Crippen LogP contribution is -2.20. The molecule has 0 aromatic carbocycles. The van der Waals surface area contributed by atoms with Gasteiger partial charge in [0.2, 0.25) is 0 Å². The first kappa shape index (κ1) is 9.90. The van der Waals surface area contributed by atoms with Crippen LogP contribution >= 0.6 is 0 Å². The summed E-state index contributed by atoms with van der Waals surface area (Å²) >= 11 is 0. The van der Waals surface area contributed by atoms with Crippen LogP contribution in [-0.4, -0.2) is 15.2 Å². The maximum atomic E-state index is 12.0. The van der Waals surface area contributed by atoms with Crippen LogP contribution in [0.25, 0.3) is 5.65 Å². The number of carbonyl (C=O) groups is 1. The summed E-state index contributed by atoms with van der Waals surface area (Å²) in [4.78, 5) is 16.1. The molecule has 0 aliphatic heterocycles. The number of fused-ring (bicyclic) bond motifs is 1. The van der Waals surface area contributed by atoms with Crippen molar-refractivity contribution in [2.45, 2.75) is 20.8 Å². The molecule has 0 aliphatic rings. The quantitative estimate of drug-likeness (QED) is 0.666. The molecule has 0 spiro atoms. The summed E-state index contributed by atoms with van der Waals surface area (Å²) in [6.45, 7) is 5.77. The molecule has 2 rings (SSSR count). The Hall–Kier alpha value is -1.64. The van der Waals surface area contributed by atoms with Crippen LogP contribution in [0.3, 0.4) is 0 Å². The van der Waals surface area contributed by atoms with Gasteiger partial charge in [-0.15, -0.1) is 0 Å². The Morgan fingerprint density at radius 1 is 1.33 bits per heavy atom. The lowest BCUT2D eigenvalue weighted by molar-refractivity contribution is 0.0858. The second-order valence-corrected chi connectivity index (χ2v) is 4.69. The van der Waals surface area contributed by atoms with Gasteiger partial charge in [0.05, 0.1) is 0 Å². The van der Waals surface area contributed by atoms with E-state index >= 15 is 0 Å². The number of hydrogen-bond acceptors (Lipinski definition) is 2. The molecule has 15 heavy (non-hydrogen) atoms. The van der Waals surface area contributed by atoms with Gasteiger partial charge in [0.25, 0.3) is 0 Å². The van der Waals surface area contributed by atoms with Gasteiger partial charge >= 0.3 is 0 Å². The van der Waals surface area contributed by atoms with E-state index in [-0.39, 0.29) is 11.2 Å². The minimum atomic E-state index is -0.339. The van der Waals surface area contributed by atoms with E-state index in [1.165, 1.54) is 0 Å². The monoisotopic (exact) mass is 202 g/mol. The molecule has 2 aromatic heterocycles. The molecular weight excluding hydrogens is 188 g/mol. The molecule has 0 saturated heterocycles. The second kappa shape index (κ2) is 3.19. The molecule has 3 nitrogen and oxygen atoms in total. The summed E-state index contributed by atoms with van der Waals surface area (Å²) in [5, 5.41) is 0. The fourth-order valence-corrected chi connectivity index (χ4v) is 1.49. The Kier molecular flexibility index (Phi) is 2.11. The van der Waals surface area contributed by atoms with E-state index in [4.69, 9.17) is 0 Å². The molecule has 0 fully saturated rings. The highest BCUT2D eigenvalue weighted by Crippen LogP contribution is 2.20. The zero-order valence-electron chi connectivity index (χ0n) is 9.19. The Balaban J connectivity index is 2.49. The molecule has 0 aliphatic carbocycles. The van der Waals surface area contributed by atoms with Crippen LogP contribution in [0.2, 0.25) is 0 Å². The van der Waals surface area contributed by atoms with Crippen molar-refractivity contribution >= 4 is 11.4 Å². The van der Waals surface area contributed by atoms with E-state index in [1.807, 2.05) is 49.7 Å². The molecule has 2 heterocycles. The molecule has 0 saturated carbocycles. The minimum Gasteiger partial charge on any atom is -0.306 e. The summed E-state index contributed by atoms with van der Waals surface area (Å²) in [6, 6.07) is 3.69. The first-order valence-corrected chi connectivity index (χ1v) is 4.96. The molecule has 0 bridgehead atoms. The third-order valence-corrected chi connectivity index (χ3v) is 2.33. The van der Waals surface area contributed by atoms with Crippen LogP contribution in [-0.2, 0) is 0 Å². The van der Waals surface area contributed by atoms with Crippen molar-refractivity contribution < 1.29 is 4.79 Å². The maximum Gasteiger partial charge on any atom is 0.169 e. The molecule has 3 heteroatoms. The van der Waals surface area contributed by atoms with E-state index in [1.54, 1.807) is 6.20 Å². The van der Waals surface area contributed by atoms with Crippen LogP contribution in [0.5, 0.6) is 0 Å². The van der Waals surface area contributed by atoms with Crippen LogP contribution in [0, 0.1) is 5.41 Å². The Morgan fingerprint density at radius 2 is 2.07 bits per heavy atom. The van der Waals surface area contributed by atoms with E-state index in [0.717, 1.165) is 11.2 Å². The first-order chi connectivity index (χ1) is 6.98. The third-order valence-electron chi connectivity index (χ3n) is 2.33. The van der Waals surface area contributed by atoms with Gasteiger partial charge in [-0.3, -0.25) is 4.79 Å². The minimum absolute atomic E-state index is 0.151. The van der Waals surface area contributed by atoms with Gasteiger partial charge in [0, 0.05) is 29.6 Å². The summed E-state index contributed by atoms with van der Waals surface area (Å²) in [6.07, 6.45) is 5.39. The summed E-state index contributed by atoms with van der Waals surface area (Å²) < 4.78 is 1.86. The van der Waals surface area contributed by atoms with Gasteiger partial charge < -0.3 is 4.40 Å². The largest absolute Gasteiger partial charge is 0.306 e. The van der Waals surface area contributed by atoms with Crippen molar-refractivity contribution in [3.8, 4) is 0 Å². The first-order valence-electron chi connectivity index (χ1n) is 4.96. The Bertz CT molecular complexity index is 506. The van der Waals surface area contributed by atoms with E-state index < -0.39 is 0 Å². The standard InChI is InChI=1S/C12H14N2O/c1-12(2,3)11(15)9-4-5-10-13-6-7-14(10)8-9/h4-8H,1-3H3. The fourth-order valence-electron chi connectivity index (χ4n) is 1.49. The lowest BCUT2D eigenvalue weighted by Gasteiger charge is -2.16. The number of rotatable bonds is 1. The number of pyridine rings is 1. The van der Waals surface area contributed by atoms with Crippen molar-refractivity contribution in [1.29, 1.82) is 0 Å². The third kappa shape index (κ3) is 1.77. The molecular formula is C12H14N2O. The average Bonchev–Trinajstić information content (AvgIpc) is 2.61. The highest BCUT2D eigenvalue weighted by atomic mass is 16.1. The zero-order chi connectivity index (χ0) is 11.1. The van der Waals surface area contributed by atoms with Crippen LogP contribution < -0.4 is 0 Å². The topological polar surface area (TPSA) is 34.4 Å². The molecule has 0 amide bonds. The van der Waals surface area contributed by atoms with Crippen LogP contribution in [0.15, 0.2) is 30.7 Å². The number of Topliss-reactive ketones (excluding diaryl/α,β-unsaturated/α-hetero) is 1. The highest BCUT2D eigenvalue weighted by Gasteiger charge is 2.22. The van der Waals surface area contributed by atoms with Crippen molar-refractivity contribution in [3.05, 3.63) is 36.3 Å². The predicted molar refractivity (Wildman–Crippen MR) is 59.0 cm³/mol. The van der Waals surface area contributed by atoms with Gasteiger partial charge in [0.1, 0.15) is 5.65 Å². The molecule has 0 unspecified atom stereocenters. The smallest absolute Gasteiger partial charge is 0.169 e. The molecule has 2 aromatic rings. The normalized spacial score (nSPS) is 11.9. The van der Waals surface area contributed by atoms with Gasteiger partial charge in [-0.1, -0.05) is 20.8 Å². The number of carbonyl (C=O) groups excluding carboxylic acids is 1. The Morgan fingerprint density at radius 3 is 2.73 bits per heavy atom. The predicted octanol–water partition coefficient (Wildman–Crippen LogP) is 2.56. The van der Waals surface area contributed by atoms with Crippen molar-refractivity contribution in [2.75, 3.05) is 0 Å². The lowest BCUT2D eigenvalue weighted by atomic mass is 9.87. The number of imidazole rings is 1. The van der Waals surface area contributed by atoms with E-state index in [9.17, 15) is 4.79 Å². The van der Waals surface area contributed by atoms with Gasteiger partial charge in [-0.05, 0) is 12.1 Å². The fraction of sp³-hybridized carbons (Fsp3) is 0.333. The van der Waals surface area contributed by atoms with Crippen LogP contribution in [0.4, 0.5) is 0 Å². The zero-order valence-corrected chi connectivity index (χ0v) is 9.19. The SMILES string of the molecule is CC(C)(C)C(=O)c1ccc2nccn2c1. The summed E-state index contributed by atoms with van der Waals surface area (Å²) in [5.74, 6) is 0.151. The highest BCUT2D eigenvalue weighted by molar-refractivity contribution is 5.99. The number of ketones is 1. The summed E-state index contributed by atoms with van der Waals surface area (Å²) in [7, 11) is 0. The van der Waals surface area contributed by atoms with E-state index in [0.29, 0.717) is 0 Å². The molecule has 0 N–H and O–H groups in total. The molecule has 0 atom stereocenters. The average molecular weight is 202 g/mol. The number of aromatic nitrogens is 2. The molecule has 0 radical (unpaired) electrons. The number of nitrogens with zero attached hydrogens (tertiary/aromatic N) is 2. The molecule has 78 valence electrons.